The Kier molecular flexibility index (Phi) is 8.89. The zero-order valence-electron chi connectivity index (χ0n) is 13.3. The lowest BCUT2D eigenvalue weighted by atomic mass is 9.95. The molecular weight excluding hydrogens is 285 g/mol. The summed E-state index contributed by atoms with van der Waals surface area (Å²) < 4.78 is 42.2. The van der Waals surface area contributed by atoms with Crippen LogP contribution in [-0.2, 0) is 9.53 Å². The van der Waals surface area contributed by atoms with Gasteiger partial charge in [-0.3, -0.25) is 9.69 Å². The van der Waals surface area contributed by atoms with Crippen molar-refractivity contribution in [1.29, 1.82) is 0 Å². The molecule has 0 aliphatic heterocycles. The molecule has 0 spiro atoms. The predicted molar refractivity (Wildman–Crippen MR) is 76.1 cm³/mol. The van der Waals surface area contributed by atoms with Crippen LogP contribution in [0.1, 0.15) is 40.0 Å². The highest BCUT2D eigenvalue weighted by molar-refractivity contribution is 5.80. The van der Waals surface area contributed by atoms with E-state index in [1.807, 2.05) is 13.8 Å². The summed E-state index contributed by atoms with van der Waals surface area (Å²) in [6.07, 6.45) is -2.60. The van der Waals surface area contributed by atoms with Crippen LogP contribution in [0.15, 0.2) is 0 Å². The number of alkyl halides is 3. The van der Waals surface area contributed by atoms with Crippen molar-refractivity contribution in [3.8, 4) is 0 Å². The third-order valence-electron chi connectivity index (χ3n) is 3.30. The number of likely N-dealkylation sites (N-methyl/N-ethyl adjacent to an activating group) is 1. The first-order valence-corrected chi connectivity index (χ1v) is 7.31. The van der Waals surface area contributed by atoms with Gasteiger partial charge in [-0.15, -0.1) is 0 Å². The van der Waals surface area contributed by atoms with E-state index in [0.717, 1.165) is 0 Å². The molecule has 1 N–H and O–H groups in total. The number of methoxy groups -OCH3 is 1. The van der Waals surface area contributed by atoms with Gasteiger partial charge in [0.25, 0.3) is 0 Å². The zero-order valence-corrected chi connectivity index (χ0v) is 13.3. The van der Waals surface area contributed by atoms with Crippen LogP contribution in [0.25, 0.3) is 0 Å². The first-order valence-electron chi connectivity index (χ1n) is 7.31. The number of hydrogen-bond acceptors (Lipinski definition) is 4. The second-order valence-corrected chi connectivity index (χ2v) is 5.35. The van der Waals surface area contributed by atoms with Gasteiger partial charge in [0.05, 0.1) is 13.7 Å². The van der Waals surface area contributed by atoms with E-state index in [1.165, 1.54) is 12.0 Å². The Morgan fingerprint density at radius 3 is 2.29 bits per heavy atom. The van der Waals surface area contributed by atoms with Gasteiger partial charge in [-0.05, 0) is 45.8 Å². The topological polar surface area (TPSA) is 41.6 Å². The number of carbonyl (C=O) groups excluding carboxylic acids is 1. The third kappa shape index (κ3) is 8.26. The Bertz CT molecular complexity index is 311. The van der Waals surface area contributed by atoms with Crippen LogP contribution in [0.3, 0.4) is 0 Å². The van der Waals surface area contributed by atoms with Gasteiger partial charge in [0.2, 0.25) is 0 Å². The highest BCUT2D eigenvalue weighted by Crippen LogP contribution is 2.19. The Morgan fingerprint density at radius 1 is 1.24 bits per heavy atom. The van der Waals surface area contributed by atoms with E-state index in [1.54, 1.807) is 6.92 Å². The van der Waals surface area contributed by atoms with E-state index in [9.17, 15) is 18.0 Å². The number of ether oxygens (including phenoxy) is 1. The summed E-state index contributed by atoms with van der Waals surface area (Å²) in [6.45, 7) is 5.83. The molecule has 0 saturated heterocycles. The lowest BCUT2D eigenvalue weighted by Gasteiger charge is -2.29. The van der Waals surface area contributed by atoms with Gasteiger partial charge >= 0.3 is 12.1 Å². The molecule has 21 heavy (non-hydrogen) atoms. The smallest absolute Gasteiger partial charge is 0.401 e. The Balaban J connectivity index is 4.47. The third-order valence-corrected chi connectivity index (χ3v) is 3.30. The van der Waals surface area contributed by atoms with Crippen LogP contribution < -0.4 is 5.32 Å². The van der Waals surface area contributed by atoms with Crippen LogP contribution in [0.4, 0.5) is 13.2 Å². The van der Waals surface area contributed by atoms with Crippen LogP contribution in [-0.4, -0.2) is 55.9 Å². The highest BCUT2D eigenvalue weighted by Gasteiger charge is 2.34. The molecule has 4 nitrogen and oxygen atoms in total. The zero-order chi connectivity index (χ0) is 16.5. The summed E-state index contributed by atoms with van der Waals surface area (Å²) >= 11 is 0. The average molecular weight is 312 g/mol. The molecule has 0 saturated carbocycles. The molecule has 0 bridgehead atoms. The summed E-state index contributed by atoms with van der Waals surface area (Å²) in [7, 11) is 1.31. The highest BCUT2D eigenvalue weighted by atomic mass is 19.4. The number of nitrogens with one attached hydrogen (secondary N) is 1. The van der Waals surface area contributed by atoms with Crippen LogP contribution >= 0.6 is 0 Å². The molecule has 1 unspecified atom stereocenters. The van der Waals surface area contributed by atoms with Gasteiger partial charge in [-0.1, -0.05) is 13.8 Å². The summed E-state index contributed by atoms with van der Waals surface area (Å²) in [5.41, 5.74) is -0.848. The maximum absolute atomic E-state index is 12.5. The molecule has 0 aromatic rings. The van der Waals surface area contributed by atoms with Gasteiger partial charge < -0.3 is 10.1 Å². The number of esters is 1. The molecule has 0 heterocycles. The van der Waals surface area contributed by atoms with Crippen molar-refractivity contribution in [2.24, 2.45) is 0 Å². The molecule has 0 radical (unpaired) electrons. The molecule has 0 amide bonds. The van der Waals surface area contributed by atoms with Crippen molar-refractivity contribution in [1.82, 2.24) is 10.2 Å². The number of halogens is 3. The van der Waals surface area contributed by atoms with E-state index in [-0.39, 0.29) is 5.97 Å². The van der Waals surface area contributed by atoms with Gasteiger partial charge in [0.15, 0.2) is 0 Å². The van der Waals surface area contributed by atoms with Gasteiger partial charge in [-0.2, -0.15) is 13.2 Å². The number of nitrogens with zero attached hydrogens (tertiary/aromatic N) is 1. The van der Waals surface area contributed by atoms with Crippen molar-refractivity contribution in [3.63, 3.8) is 0 Å². The van der Waals surface area contributed by atoms with Crippen LogP contribution in [0.5, 0.6) is 0 Å². The fourth-order valence-corrected chi connectivity index (χ4v) is 2.37. The molecule has 7 heteroatoms. The fourth-order valence-electron chi connectivity index (χ4n) is 2.37. The molecule has 126 valence electrons. The van der Waals surface area contributed by atoms with Gasteiger partial charge in [0.1, 0.15) is 5.54 Å². The van der Waals surface area contributed by atoms with Crippen molar-refractivity contribution < 1.29 is 22.7 Å². The summed E-state index contributed by atoms with van der Waals surface area (Å²) in [5.74, 6) is -0.387. The van der Waals surface area contributed by atoms with E-state index in [4.69, 9.17) is 4.74 Å². The van der Waals surface area contributed by atoms with Crippen molar-refractivity contribution >= 4 is 5.97 Å². The van der Waals surface area contributed by atoms with E-state index in [0.29, 0.717) is 38.9 Å². The summed E-state index contributed by atoms with van der Waals surface area (Å²) in [4.78, 5) is 13.2. The molecule has 0 rings (SSSR count). The van der Waals surface area contributed by atoms with Crippen molar-refractivity contribution in [2.75, 3.05) is 33.3 Å². The molecule has 0 aromatic heterocycles. The molecule has 0 aromatic carbocycles. The molecular formula is C14H27F3N2O2. The molecule has 1 atom stereocenters. The Morgan fingerprint density at radius 2 is 1.86 bits per heavy atom. The van der Waals surface area contributed by atoms with E-state index in [2.05, 4.69) is 5.32 Å². The largest absolute Gasteiger partial charge is 0.468 e. The standard InChI is InChI=1S/C14H27F3N2O2/c1-5-9-19(11-14(15,16)17)10-7-8-13(3,18-6-2)12(20)21-4/h18H,5-11H2,1-4H3. The monoisotopic (exact) mass is 312 g/mol. The first-order chi connectivity index (χ1) is 9.68. The van der Waals surface area contributed by atoms with Crippen LogP contribution in [0.2, 0.25) is 0 Å². The first kappa shape index (κ1) is 20.2. The van der Waals surface area contributed by atoms with Crippen molar-refractivity contribution in [3.05, 3.63) is 0 Å². The maximum atomic E-state index is 12.5. The second-order valence-electron chi connectivity index (χ2n) is 5.35. The quantitative estimate of drug-likeness (QED) is 0.630. The number of rotatable bonds is 10. The van der Waals surface area contributed by atoms with E-state index >= 15 is 0 Å². The predicted octanol–water partition coefficient (Wildman–Crippen LogP) is 2.58. The lowest BCUT2D eigenvalue weighted by Crippen LogP contribution is -2.50. The van der Waals surface area contributed by atoms with E-state index < -0.39 is 18.3 Å². The normalized spacial score (nSPS) is 15.0. The number of hydrogen-bond donors (Lipinski definition) is 1. The summed E-state index contributed by atoms with van der Waals surface area (Å²) in [6, 6.07) is 0. The molecule has 0 aliphatic carbocycles. The van der Waals surface area contributed by atoms with Crippen molar-refractivity contribution in [2.45, 2.75) is 51.7 Å². The minimum atomic E-state index is -4.19. The average Bonchev–Trinajstić information content (AvgIpc) is 2.36. The molecule has 0 fully saturated rings. The summed E-state index contributed by atoms with van der Waals surface area (Å²) in [5, 5.41) is 3.05. The SMILES string of the molecule is CCCN(CCCC(C)(NCC)C(=O)OC)CC(F)(F)F. The minimum absolute atomic E-state index is 0.311. The second kappa shape index (κ2) is 9.25. The van der Waals surface area contributed by atoms with Gasteiger partial charge in [0, 0.05) is 0 Å². The maximum Gasteiger partial charge on any atom is 0.401 e. The molecule has 0 aliphatic rings. The lowest BCUT2D eigenvalue weighted by molar-refractivity contribution is -0.150. The number of carbonyl (C=O) groups is 1. The Hall–Kier alpha value is -0.820. The Labute approximate surface area is 125 Å². The van der Waals surface area contributed by atoms with Gasteiger partial charge in [-0.25, -0.2) is 0 Å². The minimum Gasteiger partial charge on any atom is -0.468 e. The van der Waals surface area contributed by atoms with Crippen LogP contribution in [0, 0.1) is 0 Å². The fraction of sp³-hybridized carbons (Fsp3) is 0.929.